The number of piperidine rings is 1. The quantitative estimate of drug-likeness (QED) is 0.197. The topological polar surface area (TPSA) is 29.5 Å². The lowest BCUT2D eigenvalue weighted by molar-refractivity contribution is 0.0507. The van der Waals surface area contributed by atoms with E-state index in [4.69, 9.17) is 4.74 Å². The van der Waals surface area contributed by atoms with Gasteiger partial charge in [-0.1, -0.05) is 125 Å². The van der Waals surface area contributed by atoms with Gasteiger partial charge in [0.25, 0.3) is 0 Å². The molecule has 1 aliphatic carbocycles. The van der Waals surface area contributed by atoms with Gasteiger partial charge < -0.3 is 4.74 Å². The molecule has 2 aromatic carbocycles. The molecule has 2 aromatic rings. The van der Waals surface area contributed by atoms with Crippen LogP contribution in [-0.4, -0.2) is 29.7 Å². The van der Waals surface area contributed by atoms with Gasteiger partial charge in [-0.3, -0.25) is 4.90 Å². The highest BCUT2D eigenvalue weighted by molar-refractivity contribution is 5.79. The standard InChI is InChI=1S/C35H47NO2/c1-2-3-4-5-6-7-8-9-10-11-17-27-24-28-18-16-19-29(25-27)36(28)35(37)38-26-34-32-22-14-12-20-30(32)31-21-13-15-23-33(31)34/h12-15,20-24,28-29,34H,2-11,16-19,25-26H2,1H3. The molecule has 38 heavy (non-hydrogen) atoms. The predicted molar refractivity (Wildman–Crippen MR) is 157 cm³/mol. The molecule has 2 heterocycles. The Balaban J connectivity index is 1.10. The van der Waals surface area contributed by atoms with Gasteiger partial charge in [0.1, 0.15) is 6.61 Å². The number of carbonyl (C=O) groups is 1. The second-order valence-corrected chi connectivity index (χ2v) is 11.8. The van der Waals surface area contributed by atoms with Gasteiger partial charge in [-0.2, -0.15) is 0 Å². The first kappa shape index (κ1) is 27.0. The summed E-state index contributed by atoms with van der Waals surface area (Å²) in [5.41, 5.74) is 6.69. The highest BCUT2D eigenvalue weighted by Crippen LogP contribution is 2.45. The van der Waals surface area contributed by atoms with E-state index in [0.717, 1.165) is 19.3 Å². The average molecular weight is 514 g/mol. The molecular weight excluding hydrogens is 466 g/mol. The molecule has 5 rings (SSSR count). The molecular formula is C35H47NO2. The predicted octanol–water partition coefficient (Wildman–Crippen LogP) is 9.80. The molecule has 2 unspecified atom stereocenters. The van der Waals surface area contributed by atoms with Crippen LogP contribution in [0.2, 0.25) is 0 Å². The van der Waals surface area contributed by atoms with Crippen LogP contribution in [0, 0.1) is 0 Å². The summed E-state index contributed by atoms with van der Waals surface area (Å²) in [5, 5.41) is 0. The fourth-order valence-electron chi connectivity index (χ4n) is 7.10. The molecule has 0 radical (unpaired) electrons. The zero-order chi connectivity index (χ0) is 26.2. The molecule has 3 heteroatoms. The van der Waals surface area contributed by atoms with Crippen LogP contribution in [0.4, 0.5) is 4.79 Å². The van der Waals surface area contributed by atoms with Crippen molar-refractivity contribution in [3.05, 3.63) is 71.3 Å². The van der Waals surface area contributed by atoms with E-state index in [1.54, 1.807) is 5.57 Å². The molecule has 1 saturated heterocycles. The van der Waals surface area contributed by atoms with E-state index >= 15 is 0 Å². The molecule has 1 amide bonds. The monoisotopic (exact) mass is 513 g/mol. The number of amides is 1. The number of rotatable bonds is 13. The molecule has 1 fully saturated rings. The largest absolute Gasteiger partial charge is 0.448 e. The third kappa shape index (κ3) is 6.35. The summed E-state index contributed by atoms with van der Waals surface area (Å²) in [7, 11) is 0. The second-order valence-electron chi connectivity index (χ2n) is 11.8. The van der Waals surface area contributed by atoms with E-state index < -0.39 is 0 Å². The molecule has 3 nitrogen and oxygen atoms in total. The maximum atomic E-state index is 13.4. The Kier molecular flexibility index (Phi) is 9.60. The summed E-state index contributed by atoms with van der Waals surface area (Å²) in [6.45, 7) is 2.70. The molecule has 0 saturated carbocycles. The molecule has 2 aliphatic heterocycles. The Morgan fingerprint density at radius 2 is 1.42 bits per heavy atom. The van der Waals surface area contributed by atoms with Crippen LogP contribution < -0.4 is 0 Å². The fraction of sp³-hybridized carbons (Fsp3) is 0.571. The van der Waals surface area contributed by atoms with Crippen LogP contribution in [0.5, 0.6) is 0 Å². The number of hydrogen-bond acceptors (Lipinski definition) is 2. The summed E-state index contributed by atoms with van der Waals surface area (Å²) < 4.78 is 6.08. The summed E-state index contributed by atoms with van der Waals surface area (Å²) in [6, 6.07) is 17.7. The lowest BCUT2D eigenvalue weighted by atomic mass is 9.84. The van der Waals surface area contributed by atoms with E-state index in [1.807, 2.05) is 0 Å². The number of nitrogens with zero attached hydrogens (tertiary/aromatic N) is 1. The first-order valence-corrected chi connectivity index (χ1v) is 15.6. The number of benzene rings is 2. The van der Waals surface area contributed by atoms with Crippen LogP contribution in [0.3, 0.4) is 0 Å². The van der Waals surface area contributed by atoms with E-state index in [2.05, 4.69) is 66.4 Å². The van der Waals surface area contributed by atoms with Gasteiger partial charge in [0.05, 0.1) is 6.04 Å². The van der Waals surface area contributed by atoms with Crippen LogP contribution in [0.25, 0.3) is 11.1 Å². The maximum absolute atomic E-state index is 13.4. The van der Waals surface area contributed by atoms with E-state index in [0.29, 0.717) is 12.6 Å². The van der Waals surface area contributed by atoms with Gasteiger partial charge in [-0.25, -0.2) is 4.79 Å². The van der Waals surface area contributed by atoms with E-state index in [1.165, 1.54) is 99.3 Å². The number of unbranched alkanes of at least 4 members (excludes halogenated alkanes) is 9. The molecule has 3 aliphatic rings. The Bertz CT molecular complexity index is 1040. The highest BCUT2D eigenvalue weighted by atomic mass is 16.6. The summed E-state index contributed by atoms with van der Waals surface area (Å²) in [5.74, 6) is 0.124. The van der Waals surface area contributed by atoms with E-state index in [-0.39, 0.29) is 18.1 Å². The number of ether oxygens (including phenoxy) is 1. The minimum absolute atomic E-state index is 0.115. The summed E-state index contributed by atoms with van der Waals surface area (Å²) in [6.07, 6.45) is 21.8. The third-order valence-electron chi connectivity index (χ3n) is 9.11. The number of fused-ring (bicyclic) bond motifs is 5. The van der Waals surface area contributed by atoms with Crippen molar-refractivity contribution >= 4 is 6.09 Å². The van der Waals surface area contributed by atoms with Crippen molar-refractivity contribution in [1.29, 1.82) is 0 Å². The Morgan fingerprint density at radius 1 is 0.816 bits per heavy atom. The number of carbonyl (C=O) groups excluding carboxylic acids is 1. The Hall–Kier alpha value is -2.55. The van der Waals surface area contributed by atoms with Crippen molar-refractivity contribution in [3.63, 3.8) is 0 Å². The zero-order valence-corrected chi connectivity index (χ0v) is 23.5. The average Bonchev–Trinajstić information content (AvgIpc) is 3.26. The van der Waals surface area contributed by atoms with Crippen molar-refractivity contribution < 1.29 is 9.53 Å². The minimum atomic E-state index is -0.115. The first-order valence-electron chi connectivity index (χ1n) is 15.6. The fourth-order valence-corrected chi connectivity index (χ4v) is 7.10. The Morgan fingerprint density at radius 3 is 2.05 bits per heavy atom. The highest BCUT2D eigenvalue weighted by Gasteiger charge is 2.38. The van der Waals surface area contributed by atoms with Crippen LogP contribution >= 0.6 is 0 Å². The van der Waals surface area contributed by atoms with Crippen LogP contribution in [0.1, 0.15) is 120 Å². The lowest BCUT2D eigenvalue weighted by Gasteiger charge is -2.44. The van der Waals surface area contributed by atoms with Crippen LogP contribution in [-0.2, 0) is 4.74 Å². The third-order valence-corrected chi connectivity index (χ3v) is 9.11. The molecule has 2 bridgehead atoms. The van der Waals surface area contributed by atoms with Crippen molar-refractivity contribution in [3.8, 4) is 11.1 Å². The van der Waals surface area contributed by atoms with Gasteiger partial charge in [0, 0.05) is 12.0 Å². The molecule has 0 spiro atoms. The molecule has 0 aromatic heterocycles. The Labute approximate surface area is 230 Å². The minimum Gasteiger partial charge on any atom is -0.448 e. The van der Waals surface area contributed by atoms with Gasteiger partial charge in [0.2, 0.25) is 0 Å². The van der Waals surface area contributed by atoms with E-state index in [9.17, 15) is 4.79 Å². The smallest absolute Gasteiger partial charge is 0.410 e. The van der Waals surface area contributed by atoms with Crippen molar-refractivity contribution in [2.45, 2.75) is 121 Å². The number of hydrogen-bond donors (Lipinski definition) is 0. The second kappa shape index (κ2) is 13.5. The summed E-state index contributed by atoms with van der Waals surface area (Å²) >= 11 is 0. The molecule has 204 valence electrons. The lowest BCUT2D eigenvalue weighted by Crippen LogP contribution is -2.52. The van der Waals surface area contributed by atoms with Crippen molar-refractivity contribution in [2.24, 2.45) is 0 Å². The van der Waals surface area contributed by atoms with Gasteiger partial charge in [0.15, 0.2) is 0 Å². The summed E-state index contributed by atoms with van der Waals surface area (Å²) in [4.78, 5) is 15.5. The van der Waals surface area contributed by atoms with Crippen molar-refractivity contribution in [2.75, 3.05) is 6.61 Å². The normalized spacial score (nSPS) is 20.1. The SMILES string of the molecule is CCCCCCCCCCCCC1=CC2CCCC(C1)N2C(=O)OCC1c2ccccc2-c2ccccc21. The zero-order valence-electron chi connectivity index (χ0n) is 23.5. The maximum Gasteiger partial charge on any atom is 0.410 e. The van der Waals surface area contributed by atoms with Gasteiger partial charge in [-0.05, 0) is 60.8 Å². The molecule has 2 atom stereocenters. The van der Waals surface area contributed by atoms with Crippen molar-refractivity contribution in [1.82, 2.24) is 4.90 Å². The van der Waals surface area contributed by atoms with Gasteiger partial charge >= 0.3 is 6.09 Å². The molecule has 0 N–H and O–H groups in total. The van der Waals surface area contributed by atoms with Crippen LogP contribution in [0.15, 0.2) is 60.2 Å². The van der Waals surface area contributed by atoms with Gasteiger partial charge in [-0.15, -0.1) is 0 Å². The first-order chi connectivity index (χ1) is 18.8.